The van der Waals surface area contributed by atoms with Gasteiger partial charge in [0.1, 0.15) is 23.3 Å². The molecule has 1 N–H and O–H groups in total. The van der Waals surface area contributed by atoms with E-state index in [2.05, 4.69) is 5.32 Å². The van der Waals surface area contributed by atoms with E-state index in [1.807, 2.05) is 61.5 Å². The fraction of sp³-hybridized carbons (Fsp3) is 0.167. The smallest absolute Gasteiger partial charge is 0.256 e. The number of carbonyl (C=O) groups excluding carboxylic acids is 2. The van der Waals surface area contributed by atoms with Crippen molar-refractivity contribution in [1.29, 1.82) is 0 Å². The highest BCUT2D eigenvalue weighted by Crippen LogP contribution is 2.29. The Morgan fingerprint density at radius 3 is 2.17 bits per heavy atom. The lowest BCUT2D eigenvalue weighted by Crippen LogP contribution is -2.34. The van der Waals surface area contributed by atoms with Gasteiger partial charge in [0, 0.05) is 5.69 Å². The summed E-state index contributed by atoms with van der Waals surface area (Å²) in [5.74, 6) is 1.60. The molecule has 1 heterocycles. The number of amides is 2. The molecule has 1 atom stereocenters. The van der Waals surface area contributed by atoms with E-state index < -0.39 is 6.04 Å². The second-order valence-corrected chi connectivity index (χ2v) is 6.83. The topological polar surface area (TPSA) is 67.9 Å². The van der Waals surface area contributed by atoms with Crippen molar-refractivity contribution in [3.05, 3.63) is 78.9 Å². The lowest BCUT2D eigenvalue weighted by atomic mass is 10.2. The van der Waals surface area contributed by atoms with Gasteiger partial charge in [0.25, 0.3) is 5.91 Å². The van der Waals surface area contributed by atoms with Crippen molar-refractivity contribution in [2.75, 3.05) is 16.8 Å². The van der Waals surface area contributed by atoms with E-state index in [-0.39, 0.29) is 18.2 Å². The van der Waals surface area contributed by atoms with Crippen molar-refractivity contribution in [3.8, 4) is 17.2 Å². The zero-order chi connectivity index (χ0) is 20.9. The quantitative estimate of drug-likeness (QED) is 0.584. The summed E-state index contributed by atoms with van der Waals surface area (Å²) in [5, 5.41) is 3.14. The molecule has 0 saturated carbocycles. The summed E-state index contributed by atoms with van der Waals surface area (Å²) in [6.45, 7) is 2.51. The largest absolute Gasteiger partial charge is 0.494 e. The summed E-state index contributed by atoms with van der Waals surface area (Å²) < 4.78 is 11.2. The number of ether oxygens (including phenoxy) is 2. The number of para-hydroxylation sites is 1. The first kappa shape index (κ1) is 19.5. The monoisotopic (exact) mass is 402 g/mol. The van der Waals surface area contributed by atoms with Crippen LogP contribution in [0.1, 0.15) is 13.3 Å². The van der Waals surface area contributed by atoms with Gasteiger partial charge < -0.3 is 14.8 Å². The van der Waals surface area contributed by atoms with Crippen LogP contribution in [-0.4, -0.2) is 24.5 Å². The molecule has 2 amide bonds. The molecule has 0 bridgehead atoms. The fourth-order valence-corrected chi connectivity index (χ4v) is 3.32. The van der Waals surface area contributed by atoms with Gasteiger partial charge in [-0.15, -0.1) is 0 Å². The van der Waals surface area contributed by atoms with Crippen LogP contribution in [0.5, 0.6) is 17.2 Å². The minimum atomic E-state index is -0.601. The number of benzene rings is 3. The standard InChI is InChI=1S/C24H22N2O4/c1-2-29-19-12-8-17(9-13-19)25-22-16-23(27)26(24(22)28)18-10-14-21(15-11-18)30-20-6-4-3-5-7-20/h3-15,22,25H,2,16H2,1H3/t22-/m0/s1. The third kappa shape index (κ3) is 4.27. The summed E-state index contributed by atoms with van der Waals surface area (Å²) in [5.41, 5.74) is 1.29. The number of imide groups is 1. The minimum Gasteiger partial charge on any atom is -0.494 e. The van der Waals surface area contributed by atoms with Crippen LogP contribution < -0.4 is 19.7 Å². The van der Waals surface area contributed by atoms with Crippen molar-refractivity contribution in [2.45, 2.75) is 19.4 Å². The van der Waals surface area contributed by atoms with Gasteiger partial charge in [0.2, 0.25) is 5.91 Å². The predicted octanol–water partition coefficient (Wildman–Crippen LogP) is 4.62. The van der Waals surface area contributed by atoms with E-state index in [1.54, 1.807) is 24.3 Å². The molecule has 0 aromatic heterocycles. The molecule has 30 heavy (non-hydrogen) atoms. The first-order valence-electron chi connectivity index (χ1n) is 9.83. The number of nitrogens with zero attached hydrogens (tertiary/aromatic N) is 1. The SMILES string of the molecule is CCOc1ccc(N[C@H]2CC(=O)N(c3ccc(Oc4ccccc4)cc3)C2=O)cc1. The van der Waals surface area contributed by atoms with Crippen LogP contribution in [0.4, 0.5) is 11.4 Å². The van der Waals surface area contributed by atoms with Crippen LogP contribution in [0.25, 0.3) is 0 Å². The Morgan fingerprint density at radius 1 is 0.867 bits per heavy atom. The van der Waals surface area contributed by atoms with E-state index in [4.69, 9.17) is 9.47 Å². The van der Waals surface area contributed by atoms with Gasteiger partial charge in [-0.05, 0) is 67.6 Å². The van der Waals surface area contributed by atoms with Gasteiger partial charge in [-0.3, -0.25) is 9.59 Å². The van der Waals surface area contributed by atoms with Gasteiger partial charge in [-0.2, -0.15) is 0 Å². The highest BCUT2D eigenvalue weighted by molar-refractivity contribution is 6.23. The lowest BCUT2D eigenvalue weighted by Gasteiger charge is -2.17. The highest BCUT2D eigenvalue weighted by atomic mass is 16.5. The molecular weight excluding hydrogens is 380 g/mol. The van der Waals surface area contributed by atoms with Crippen molar-refractivity contribution in [3.63, 3.8) is 0 Å². The van der Waals surface area contributed by atoms with E-state index in [0.717, 1.165) is 17.2 Å². The molecule has 1 aliphatic rings. The van der Waals surface area contributed by atoms with E-state index in [1.165, 1.54) is 4.90 Å². The summed E-state index contributed by atoms with van der Waals surface area (Å²) in [6, 6.07) is 23.1. The molecule has 3 aromatic carbocycles. The number of hydrogen-bond donors (Lipinski definition) is 1. The maximum atomic E-state index is 12.9. The van der Waals surface area contributed by atoms with E-state index in [9.17, 15) is 9.59 Å². The first-order chi connectivity index (χ1) is 14.6. The summed E-state index contributed by atoms with van der Waals surface area (Å²) >= 11 is 0. The van der Waals surface area contributed by atoms with Crippen LogP contribution in [0.3, 0.4) is 0 Å². The van der Waals surface area contributed by atoms with Crippen LogP contribution >= 0.6 is 0 Å². The summed E-state index contributed by atoms with van der Waals surface area (Å²) in [7, 11) is 0. The van der Waals surface area contributed by atoms with Crippen LogP contribution in [-0.2, 0) is 9.59 Å². The normalized spacial score (nSPS) is 15.9. The number of carbonyl (C=O) groups is 2. The molecule has 6 heteroatoms. The van der Waals surface area contributed by atoms with Gasteiger partial charge in [0.15, 0.2) is 0 Å². The molecule has 0 aliphatic carbocycles. The number of hydrogen-bond acceptors (Lipinski definition) is 5. The minimum absolute atomic E-state index is 0.105. The maximum Gasteiger partial charge on any atom is 0.256 e. The second kappa shape index (κ2) is 8.69. The van der Waals surface area contributed by atoms with E-state index in [0.29, 0.717) is 18.0 Å². The Morgan fingerprint density at radius 2 is 1.50 bits per heavy atom. The van der Waals surface area contributed by atoms with Gasteiger partial charge in [-0.1, -0.05) is 18.2 Å². The molecule has 1 saturated heterocycles. The fourth-order valence-electron chi connectivity index (χ4n) is 3.32. The number of rotatable bonds is 7. The van der Waals surface area contributed by atoms with Crippen molar-refractivity contribution >= 4 is 23.2 Å². The second-order valence-electron chi connectivity index (χ2n) is 6.83. The zero-order valence-corrected chi connectivity index (χ0v) is 16.6. The Labute approximate surface area is 175 Å². The van der Waals surface area contributed by atoms with Gasteiger partial charge in [-0.25, -0.2) is 4.90 Å². The highest BCUT2D eigenvalue weighted by Gasteiger charge is 2.39. The number of anilines is 2. The van der Waals surface area contributed by atoms with Gasteiger partial charge >= 0.3 is 0 Å². The molecule has 6 nitrogen and oxygen atoms in total. The maximum absolute atomic E-state index is 12.9. The summed E-state index contributed by atoms with van der Waals surface area (Å²) in [4.78, 5) is 26.6. The molecule has 3 aromatic rings. The van der Waals surface area contributed by atoms with Gasteiger partial charge in [0.05, 0.1) is 18.7 Å². The average molecular weight is 402 g/mol. The summed E-state index contributed by atoms with van der Waals surface area (Å²) in [6.07, 6.45) is 0.105. The Bertz CT molecular complexity index is 1020. The van der Waals surface area contributed by atoms with Crippen LogP contribution in [0.2, 0.25) is 0 Å². The van der Waals surface area contributed by atoms with Crippen LogP contribution in [0.15, 0.2) is 78.9 Å². The molecule has 1 fully saturated rings. The Balaban J connectivity index is 1.43. The van der Waals surface area contributed by atoms with Crippen LogP contribution in [0, 0.1) is 0 Å². The van der Waals surface area contributed by atoms with Crippen molar-refractivity contribution in [2.24, 2.45) is 0 Å². The molecule has 1 aliphatic heterocycles. The molecular formula is C24H22N2O4. The number of nitrogens with one attached hydrogen (secondary N) is 1. The van der Waals surface area contributed by atoms with Crippen molar-refractivity contribution < 1.29 is 19.1 Å². The predicted molar refractivity (Wildman–Crippen MR) is 115 cm³/mol. The zero-order valence-electron chi connectivity index (χ0n) is 16.6. The third-order valence-electron chi connectivity index (χ3n) is 4.73. The Kier molecular flexibility index (Phi) is 5.66. The molecule has 152 valence electrons. The average Bonchev–Trinajstić information content (AvgIpc) is 3.04. The third-order valence-corrected chi connectivity index (χ3v) is 4.73. The van der Waals surface area contributed by atoms with Crippen molar-refractivity contribution in [1.82, 2.24) is 0 Å². The molecule has 0 spiro atoms. The molecule has 4 rings (SSSR count). The molecule has 0 unspecified atom stereocenters. The Hall–Kier alpha value is -3.80. The lowest BCUT2D eigenvalue weighted by molar-refractivity contribution is -0.121. The molecule has 0 radical (unpaired) electrons. The van der Waals surface area contributed by atoms with E-state index >= 15 is 0 Å². The first-order valence-corrected chi connectivity index (χ1v) is 9.83.